The summed E-state index contributed by atoms with van der Waals surface area (Å²) in [5.74, 6) is 0. The lowest BCUT2D eigenvalue weighted by Crippen LogP contribution is -2.21. The van der Waals surface area contributed by atoms with Crippen molar-refractivity contribution in [2.75, 3.05) is 5.32 Å². The molecule has 0 radical (unpaired) electrons. The third-order valence-corrected chi connectivity index (χ3v) is 3.86. The fourth-order valence-corrected chi connectivity index (χ4v) is 2.68. The zero-order valence-corrected chi connectivity index (χ0v) is 13.1. The molecule has 1 nitrogen and oxygen atoms in total. The number of hydrogen-bond donors (Lipinski definition) is 1. The Morgan fingerprint density at radius 1 is 1.11 bits per heavy atom. The van der Waals surface area contributed by atoms with E-state index in [2.05, 4.69) is 83.6 Å². The standard InChI is InChI=1S/C17H20BrN/c1-3-16(12-14-7-5-4-6-8-14)19-17-10-9-15(18)11-13(17)2/h4-11,16,19H,3,12H2,1-2H3. The summed E-state index contributed by atoms with van der Waals surface area (Å²) in [5, 5.41) is 3.65. The van der Waals surface area contributed by atoms with Crippen molar-refractivity contribution in [1.82, 2.24) is 0 Å². The van der Waals surface area contributed by atoms with Crippen molar-refractivity contribution >= 4 is 21.6 Å². The van der Waals surface area contributed by atoms with Gasteiger partial charge in [0, 0.05) is 16.2 Å². The van der Waals surface area contributed by atoms with Gasteiger partial charge in [-0.05, 0) is 49.1 Å². The van der Waals surface area contributed by atoms with Crippen LogP contribution in [0.2, 0.25) is 0 Å². The minimum Gasteiger partial charge on any atom is -0.382 e. The smallest absolute Gasteiger partial charge is 0.0372 e. The highest BCUT2D eigenvalue weighted by Crippen LogP contribution is 2.22. The Morgan fingerprint density at radius 3 is 2.47 bits per heavy atom. The van der Waals surface area contributed by atoms with Crippen LogP contribution in [0.25, 0.3) is 0 Å². The molecular weight excluding hydrogens is 298 g/mol. The van der Waals surface area contributed by atoms with Crippen LogP contribution >= 0.6 is 15.9 Å². The Labute approximate surface area is 124 Å². The Kier molecular flexibility index (Phi) is 5.03. The first-order valence-electron chi connectivity index (χ1n) is 6.75. The second-order valence-electron chi connectivity index (χ2n) is 4.90. The van der Waals surface area contributed by atoms with Crippen molar-refractivity contribution in [3.63, 3.8) is 0 Å². The topological polar surface area (TPSA) is 12.0 Å². The Hall–Kier alpha value is -1.28. The highest BCUT2D eigenvalue weighted by atomic mass is 79.9. The summed E-state index contributed by atoms with van der Waals surface area (Å²) in [5.41, 5.74) is 3.89. The van der Waals surface area contributed by atoms with Gasteiger partial charge in [0.15, 0.2) is 0 Å². The van der Waals surface area contributed by atoms with Crippen LogP contribution in [0.15, 0.2) is 53.0 Å². The molecule has 19 heavy (non-hydrogen) atoms. The summed E-state index contributed by atoms with van der Waals surface area (Å²) in [7, 11) is 0. The molecule has 1 atom stereocenters. The van der Waals surface area contributed by atoms with Crippen molar-refractivity contribution < 1.29 is 0 Å². The summed E-state index contributed by atoms with van der Waals surface area (Å²) in [6.45, 7) is 4.37. The summed E-state index contributed by atoms with van der Waals surface area (Å²) in [4.78, 5) is 0. The fourth-order valence-electron chi connectivity index (χ4n) is 2.20. The molecule has 0 bridgehead atoms. The second-order valence-corrected chi connectivity index (χ2v) is 5.81. The number of hydrogen-bond acceptors (Lipinski definition) is 1. The number of halogens is 1. The van der Waals surface area contributed by atoms with E-state index in [4.69, 9.17) is 0 Å². The lowest BCUT2D eigenvalue weighted by Gasteiger charge is -2.20. The lowest BCUT2D eigenvalue weighted by atomic mass is 10.0. The largest absolute Gasteiger partial charge is 0.382 e. The average Bonchev–Trinajstić information content (AvgIpc) is 2.42. The highest BCUT2D eigenvalue weighted by molar-refractivity contribution is 9.10. The highest BCUT2D eigenvalue weighted by Gasteiger charge is 2.08. The number of aryl methyl sites for hydroxylation is 1. The zero-order chi connectivity index (χ0) is 13.7. The first-order valence-corrected chi connectivity index (χ1v) is 7.55. The molecular formula is C17H20BrN. The number of benzene rings is 2. The van der Waals surface area contributed by atoms with E-state index in [9.17, 15) is 0 Å². The number of rotatable bonds is 5. The normalized spacial score (nSPS) is 12.2. The molecule has 2 heteroatoms. The van der Waals surface area contributed by atoms with E-state index >= 15 is 0 Å². The predicted molar refractivity (Wildman–Crippen MR) is 86.7 cm³/mol. The summed E-state index contributed by atoms with van der Waals surface area (Å²) in [6.07, 6.45) is 2.18. The Bertz CT molecular complexity index is 522. The molecule has 0 saturated heterocycles. The van der Waals surface area contributed by atoms with Crippen molar-refractivity contribution in [3.8, 4) is 0 Å². The van der Waals surface area contributed by atoms with Crippen LogP contribution in [0.4, 0.5) is 5.69 Å². The maximum Gasteiger partial charge on any atom is 0.0372 e. The van der Waals surface area contributed by atoms with E-state index in [-0.39, 0.29) is 0 Å². The molecule has 2 rings (SSSR count). The van der Waals surface area contributed by atoms with Gasteiger partial charge in [-0.1, -0.05) is 53.2 Å². The molecule has 2 aromatic carbocycles. The van der Waals surface area contributed by atoms with Crippen molar-refractivity contribution in [2.24, 2.45) is 0 Å². The van der Waals surface area contributed by atoms with Crippen LogP contribution in [0.5, 0.6) is 0 Å². The molecule has 1 N–H and O–H groups in total. The SMILES string of the molecule is CCC(Cc1ccccc1)Nc1ccc(Br)cc1C. The van der Waals surface area contributed by atoms with E-state index in [0.717, 1.165) is 17.3 Å². The molecule has 0 aliphatic carbocycles. The minimum atomic E-state index is 0.474. The second kappa shape index (κ2) is 6.76. The van der Waals surface area contributed by atoms with Crippen molar-refractivity contribution in [2.45, 2.75) is 32.7 Å². The summed E-state index contributed by atoms with van der Waals surface area (Å²) in [6, 6.07) is 17.5. The van der Waals surface area contributed by atoms with Gasteiger partial charge in [0.05, 0.1) is 0 Å². The van der Waals surface area contributed by atoms with Gasteiger partial charge in [-0.15, -0.1) is 0 Å². The van der Waals surface area contributed by atoms with Gasteiger partial charge in [0.25, 0.3) is 0 Å². The van der Waals surface area contributed by atoms with Gasteiger partial charge in [-0.25, -0.2) is 0 Å². The molecule has 0 aliphatic heterocycles. The van der Waals surface area contributed by atoms with E-state index in [1.54, 1.807) is 0 Å². The Balaban J connectivity index is 2.06. The Morgan fingerprint density at radius 2 is 1.84 bits per heavy atom. The van der Waals surface area contributed by atoms with E-state index in [0.29, 0.717) is 6.04 Å². The maximum absolute atomic E-state index is 3.65. The van der Waals surface area contributed by atoms with Crippen LogP contribution in [0.3, 0.4) is 0 Å². The lowest BCUT2D eigenvalue weighted by molar-refractivity contribution is 0.690. The van der Waals surface area contributed by atoms with Gasteiger partial charge in [-0.3, -0.25) is 0 Å². The molecule has 0 aromatic heterocycles. The van der Waals surface area contributed by atoms with E-state index in [1.807, 2.05) is 0 Å². The summed E-state index contributed by atoms with van der Waals surface area (Å²) < 4.78 is 1.13. The fraction of sp³-hybridized carbons (Fsp3) is 0.294. The monoisotopic (exact) mass is 317 g/mol. The first-order chi connectivity index (χ1) is 9.19. The summed E-state index contributed by atoms with van der Waals surface area (Å²) >= 11 is 3.51. The van der Waals surface area contributed by atoms with Crippen molar-refractivity contribution in [3.05, 3.63) is 64.1 Å². The molecule has 0 saturated carbocycles. The van der Waals surface area contributed by atoms with Crippen LogP contribution in [0.1, 0.15) is 24.5 Å². The molecule has 0 amide bonds. The molecule has 0 heterocycles. The molecule has 100 valence electrons. The van der Waals surface area contributed by atoms with Crippen LogP contribution in [0, 0.1) is 6.92 Å². The third kappa shape index (κ3) is 4.10. The maximum atomic E-state index is 3.65. The predicted octanol–water partition coefficient (Wildman–Crippen LogP) is 5.19. The van der Waals surface area contributed by atoms with Crippen LogP contribution in [-0.4, -0.2) is 6.04 Å². The molecule has 2 aromatic rings. The van der Waals surface area contributed by atoms with Crippen LogP contribution < -0.4 is 5.32 Å². The number of nitrogens with one attached hydrogen (secondary N) is 1. The van der Waals surface area contributed by atoms with Crippen molar-refractivity contribution in [1.29, 1.82) is 0 Å². The minimum absolute atomic E-state index is 0.474. The van der Waals surface area contributed by atoms with Gasteiger partial charge < -0.3 is 5.32 Å². The molecule has 0 spiro atoms. The van der Waals surface area contributed by atoms with Gasteiger partial charge >= 0.3 is 0 Å². The van der Waals surface area contributed by atoms with Gasteiger partial charge in [0.1, 0.15) is 0 Å². The van der Waals surface area contributed by atoms with E-state index < -0.39 is 0 Å². The third-order valence-electron chi connectivity index (χ3n) is 3.37. The molecule has 0 aliphatic rings. The quantitative estimate of drug-likeness (QED) is 0.800. The molecule has 1 unspecified atom stereocenters. The average molecular weight is 318 g/mol. The van der Waals surface area contributed by atoms with Gasteiger partial charge in [-0.2, -0.15) is 0 Å². The zero-order valence-electron chi connectivity index (χ0n) is 11.5. The van der Waals surface area contributed by atoms with Gasteiger partial charge in [0.2, 0.25) is 0 Å². The molecule has 0 fully saturated rings. The van der Waals surface area contributed by atoms with E-state index in [1.165, 1.54) is 16.8 Å². The number of anilines is 1. The van der Waals surface area contributed by atoms with Crippen LogP contribution in [-0.2, 0) is 6.42 Å². The first kappa shape index (κ1) is 14.1.